The molecule has 1 saturated heterocycles. The fourth-order valence-electron chi connectivity index (χ4n) is 2.39. The van der Waals surface area contributed by atoms with Gasteiger partial charge in [-0.1, -0.05) is 0 Å². The maximum atomic E-state index is 5.63. The number of rotatable bonds is 3. The predicted octanol–water partition coefficient (Wildman–Crippen LogP) is 2.49. The van der Waals surface area contributed by atoms with Gasteiger partial charge < -0.3 is 19.5 Å². The van der Waals surface area contributed by atoms with Crippen molar-refractivity contribution in [1.82, 2.24) is 5.32 Å². The summed E-state index contributed by atoms with van der Waals surface area (Å²) in [6, 6.07) is 4.13. The van der Waals surface area contributed by atoms with Crippen molar-refractivity contribution in [2.75, 3.05) is 26.4 Å². The first-order valence-electron chi connectivity index (χ1n) is 6.57. The van der Waals surface area contributed by atoms with Gasteiger partial charge in [-0.25, -0.2) is 0 Å². The zero-order chi connectivity index (χ0) is 13.3. The van der Waals surface area contributed by atoms with Crippen molar-refractivity contribution in [1.29, 1.82) is 0 Å². The second-order valence-electron chi connectivity index (χ2n) is 5.32. The Bertz CT molecular complexity index is 472. The molecule has 19 heavy (non-hydrogen) atoms. The molecule has 0 bridgehead atoms. The Morgan fingerprint density at radius 2 is 2.11 bits per heavy atom. The number of hydrogen-bond acceptors (Lipinski definition) is 4. The first-order chi connectivity index (χ1) is 9.16. The van der Waals surface area contributed by atoms with Crippen molar-refractivity contribution in [3.63, 3.8) is 0 Å². The average Bonchev–Trinajstić information content (AvgIpc) is 2.84. The van der Waals surface area contributed by atoms with Crippen LogP contribution in [0.25, 0.3) is 0 Å². The molecular weight excluding hydrogens is 310 g/mol. The molecule has 1 unspecified atom stereocenters. The minimum atomic E-state index is 0.0831. The molecule has 0 aliphatic carbocycles. The number of hydrogen-bond donors (Lipinski definition) is 1. The molecule has 1 atom stereocenters. The van der Waals surface area contributed by atoms with Crippen LogP contribution in [0.1, 0.15) is 18.9 Å². The summed E-state index contributed by atoms with van der Waals surface area (Å²) in [7, 11) is 0. The van der Waals surface area contributed by atoms with Crippen LogP contribution in [0.2, 0.25) is 0 Å². The van der Waals surface area contributed by atoms with E-state index < -0.39 is 0 Å². The number of halogens is 1. The van der Waals surface area contributed by atoms with Crippen LogP contribution in [0.5, 0.6) is 11.5 Å². The Kier molecular flexibility index (Phi) is 3.69. The summed E-state index contributed by atoms with van der Waals surface area (Å²) in [4.78, 5) is 0. The minimum absolute atomic E-state index is 0.0831. The zero-order valence-electron chi connectivity index (χ0n) is 11.0. The fourth-order valence-corrected chi connectivity index (χ4v) is 2.99. The smallest absolute Gasteiger partial charge is 0.175 e. The number of benzene rings is 1. The Labute approximate surface area is 121 Å². The van der Waals surface area contributed by atoms with E-state index in [2.05, 4.69) is 34.2 Å². The lowest BCUT2D eigenvalue weighted by atomic mass is 10.0. The molecule has 1 N–H and O–H groups in total. The molecule has 2 aliphatic heterocycles. The van der Waals surface area contributed by atoms with Gasteiger partial charge in [0.2, 0.25) is 0 Å². The first kappa shape index (κ1) is 13.2. The maximum Gasteiger partial charge on any atom is 0.175 e. The van der Waals surface area contributed by atoms with Crippen molar-refractivity contribution in [2.45, 2.75) is 25.4 Å². The zero-order valence-corrected chi connectivity index (χ0v) is 12.6. The van der Waals surface area contributed by atoms with Crippen molar-refractivity contribution >= 4 is 15.9 Å². The van der Waals surface area contributed by atoms with Crippen molar-refractivity contribution < 1.29 is 14.2 Å². The molecule has 0 radical (unpaired) electrons. The Hall–Kier alpha value is -0.780. The van der Waals surface area contributed by atoms with Gasteiger partial charge in [0.15, 0.2) is 11.5 Å². The summed E-state index contributed by atoms with van der Waals surface area (Å²) in [5, 5.41) is 3.57. The average molecular weight is 328 g/mol. The van der Waals surface area contributed by atoms with E-state index in [0.29, 0.717) is 13.2 Å². The number of nitrogens with one attached hydrogen (secondary N) is 1. The molecular formula is C14H18BrNO3. The highest BCUT2D eigenvalue weighted by Gasteiger charge is 2.29. The third-order valence-electron chi connectivity index (χ3n) is 3.59. The molecule has 1 aromatic carbocycles. The molecule has 1 aromatic rings. The van der Waals surface area contributed by atoms with E-state index in [1.54, 1.807) is 0 Å². The normalized spacial score (nSPS) is 25.6. The topological polar surface area (TPSA) is 39.7 Å². The van der Waals surface area contributed by atoms with Crippen LogP contribution in [0.3, 0.4) is 0 Å². The van der Waals surface area contributed by atoms with Gasteiger partial charge in [0, 0.05) is 18.7 Å². The van der Waals surface area contributed by atoms with Crippen LogP contribution in [-0.4, -0.2) is 32.0 Å². The molecule has 3 rings (SSSR count). The van der Waals surface area contributed by atoms with E-state index in [4.69, 9.17) is 14.2 Å². The van der Waals surface area contributed by atoms with Crippen molar-refractivity contribution in [2.24, 2.45) is 0 Å². The molecule has 0 amide bonds. The predicted molar refractivity (Wildman–Crippen MR) is 75.8 cm³/mol. The lowest BCUT2D eigenvalue weighted by molar-refractivity contribution is 0.169. The Balaban J connectivity index is 1.72. The molecule has 2 aliphatic rings. The number of ether oxygens (including phenoxy) is 3. The minimum Gasteiger partial charge on any atom is -0.486 e. The summed E-state index contributed by atoms with van der Waals surface area (Å²) in [5.41, 5.74) is 1.27. The van der Waals surface area contributed by atoms with Gasteiger partial charge in [-0.3, -0.25) is 0 Å². The number of fused-ring (bicyclic) bond motifs is 1. The summed E-state index contributed by atoms with van der Waals surface area (Å²) >= 11 is 3.54. The van der Waals surface area contributed by atoms with E-state index in [1.165, 1.54) is 5.56 Å². The van der Waals surface area contributed by atoms with Gasteiger partial charge >= 0.3 is 0 Å². The third-order valence-corrected chi connectivity index (χ3v) is 4.18. The summed E-state index contributed by atoms with van der Waals surface area (Å²) in [6.45, 7) is 5.84. The lowest BCUT2D eigenvalue weighted by Gasteiger charge is -2.25. The molecule has 0 aromatic heterocycles. The maximum absolute atomic E-state index is 5.63. The molecule has 5 heteroatoms. The highest BCUT2D eigenvalue weighted by Crippen LogP contribution is 2.38. The molecule has 2 heterocycles. The molecule has 104 valence electrons. The summed E-state index contributed by atoms with van der Waals surface area (Å²) in [5.74, 6) is 1.63. The van der Waals surface area contributed by atoms with Gasteiger partial charge in [0.05, 0.1) is 11.1 Å². The first-order valence-corrected chi connectivity index (χ1v) is 7.36. The Morgan fingerprint density at radius 3 is 2.89 bits per heavy atom. The van der Waals surface area contributed by atoms with Crippen molar-refractivity contribution in [3.05, 3.63) is 22.2 Å². The lowest BCUT2D eigenvalue weighted by Crippen LogP contribution is -2.42. The van der Waals surface area contributed by atoms with Crippen molar-refractivity contribution in [3.8, 4) is 11.5 Å². The van der Waals surface area contributed by atoms with Gasteiger partial charge in [0.25, 0.3) is 0 Å². The van der Waals surface area contributed by atoms with Crippen LogP contribution in [0.15, 0.2) is 16.6 Å². The van der Waals surface area contributed by atoms with Gasteiger partial charge in [-0.15, -0.1) is 0 Å². The molecule has 1 fully saturated rings. The Morgan fingerprint density at radius 1 is 1.26 bits per heavy atom. The highest BCUT2D eigenvalue weighted by molar-refractivity contribution is 9.10. The largest absolute Gasteiger partial charge is 0.486 e. The van der Waals surface area contributed by atoms with E-state index in [9.17, 15) is 0 Å². The standard InChI is InChI=1S/C14H18BrNO3/c1-14(2-3-17-9-14)16-8-10-6-11(15)13-12(7-10)18-4-5-19-13/h6-7,16H,2-5,8-9H2,1H3. The molecule has 0 spiro atoms. The molecule has 0 saturated carbocycles. The quantitative estimate of drug-likeness (QED) is 0.925. The fraction of sp³-hybridized carbons (Fsp3) is 0.571. The highest BCUT2D eigenvalue weighted by atomic mass is 79.9. The van der Waals surface area contributed by atoms with Crippen LogP contribution in [-0.2, 0) is 11.3 Å². The van der Waals surface area contributed by atoms with Gasteiger partial charge in [-0.2, -0.15) is 0 Å². The van der Waals surface area contributed by atoms with E-state index in [0.717, 1.165) is 42.2 Å². The SMILES string of the molecule is CC1(NCc2cc(Br)c3c(c2)OCCO3)CCOC1. The van der Waals surface area contributed by atoms with Crippen LogP contribution in [0, 0.1) is 0 Å². The van der Waals surface area contributed by atoms with Crippen LogP contribution in [0.4, 0.5) is 0 Å². The van der Waals surface area contributed by atoms with Gasteiger partial charge in [0.1, 0.15) is 13.2 Å². The third kappa shape index (κ3) is 2.88. The van der Waals surface area contributed by atoms with Crippen LogP contribution >= 0.6 is 15.9 Å². The van der Waals surface area contributed by atoms with Gasteiger partial charge in [-0.05, 0) is 47.0 Å². The summed E-state index contributed by atoms with van der Waals surface area (Å²) in [6.07, 6.45) is 1.05. The second-order valence-corrected chi connectivity index (χ2v) is 6.17. The molecule has 4 nitrogen and oxygen atoms in total. The second kappa shape index (κ2) is 5.31. The van der Waals surface area contributed by atoms with E-state index in [1.807, 2.05) is 6.07 Å². The van der Waals surface area contributed by atoms with E-state index >= 15 is 0 Å². The van der Waals surface area contributed by atoms with E-state index in [-0.39, 0.29) is 5.54 Å². The van der Waals surface area contributed by atoms with Crippen LogP contribution < -0.4 is 14.8 Å². The monoisotopic (exact) mass is 327 g/mol. The summed E-state index contributed by atoms with van der Waals surface area (Å²) < 4.78 is 17.6.